The fourth-order valence-electron chi connectivity index (χ4n) is 1.91. The van der Waals surface area contributed by atoms with Gasteiger partial charge in [0.2, 0.25) is 11.5 Å². The largest absolute Gasteiger partial charge is 0.364 e. The fraction of sp³-hybridized carbons (Fsp3) is 0.100. The maximum absolute atomic E-state index is 11.9. The van der Waals surface area contributed by atoms with E-state index in [1.807, 2.05) is 0 Å². The molecule has 1 aliphatic carbocycles. The molecular formula is C10H8N4O2. The minimum atomic E-state index is -2.09. The lowest BCUT2D eigenvalue weighted by Gasteiger charge is -2.27. The predicted octanol–water partition coefficient (Wildman–Crippen LogP) is -0.228. The Morgan fingerprint density at radius 2 is 2.25 bits per heavy atom. The highest BCUT2D eigenvalue weighted by Crippen LogP contribution is 2.36. The van der Waals surface area contributed by atoms with E-state index >= 15 is 0 Å². The molecule has 0 aromatic carbocycles. The maximum atomic E-state index is 11.9. The normalized spacial score (nSPS) is 22.8. The van der Waals surface area contributed by atoms with Crippen molar-refractivity contribution in [2.45, 2.75) is 5.72 Å². The zero-order chi connectivity index (χ0) is 11.3. The minimum absolute atomic E-state index is 0.139. The number of hydrogen-bond acceptors (Lipinski definition) is 5. The number of aromatic amines is 1. The van der Waals surface area contributed by atoms with Crippen LogP contribution in [0.2, 0.25) is 0 Å². The van der Waals surface area contributed by atoms with E-state index < -0.39 is 11.5 Å². The zero-order valence-corrected chi connectivity index (χ0v) is 8.14. The lowest BCUT2D eigenvalue weighted by Crippen LogP contribution is -2.48. The van der Waals surface area contributed by atoms with Crippen molar-refractivity contribution in [2.75, 3.05) is 0 Å². The van der Waals surface area contributed by atoms with E-state index in [1.165, 1.54) is 12.5 Å². The van der Waals surface area contributed by atoms with Crippen LogP contribution >= 0.6 is 0 Å². The summed E-state index contributed by atoms with van der Waals surface area (Å²) in [6.07, 6.45) is 4.39. The molecule has 0 saturated carbocycles. The van der Waals surface area contributed by atoms with Gasteiger partial charge >= 0.3 is 0 Å². The van der Waals surface area contributed by atoms with Crippen molar-refractivity contribution in [3.8, 4) is 11.1 Å². The van der Waals surface area contributed by atoms with Gasteiger partial charge in [0.25, 0.3) is 0 Å². The highest BCUT2D eigenvalue weighted by atomic mass is 16.3. The standard InChI is InChI=1S/C10H8N4O2/c11-10(16)8-6(3-12-4-14-8)5-1-2-13-7(5)9(10)15/h1-4,13,16H,11H2. The average molecular weight is 216 g/mol. The molecule has 6 nitrogen and oxygen atoms in total. The number of aromatic nitrogens is 3. The molecule has 0 radical (unpaired) electrons. The Morgan fingerprint density at radius 1 is 1.44 bits per heavy atom. The second kappa shape index (κ2) is 2.75. The van der Waals surface area contributed by atoms with Crippen LogP contribution in [0.4, 0.5) is 0 Å². The molecule has 4 N–H and O–H groups in total. The fourth-order valence-corrected chi connectivity index (χ4v) is 1.91. The maximum Gasteiger partial charge on any atom is 0.232 e. The Hall–Kier alpha value is -2.05. The quantitative estimate of drug-likeness (QED) is 0.527. The van der Waals surface area contributed by atoms with Crippen LogP contribution in [0.25, 0.3) is 11.1 Å². The summed E-state index contributed by atoms with van der Waals surface area (Å²) in [6.45, 7) is 0. The molecule has 3 rings (SSSR count). The van der Waals surface area contributed by atoms with Crippen LogP contribution in [0.3, 0.4) is 0 Å². The number of nitrogens with zero attached hydrogens (tertiary/aromatic N) is 2. The molecule has 1 unspecified atom stereocenters. The molecule has 0 aliphatic heterocycles. The molecule has 2 aromatic rings. The van der Waals surface area contributed by atoms with Gasteiger partial charge in [-0.15, -0.1) is 0 Å². The summed E-state index contributed by atoms with van der Waals surface area (Å²) in [5, 5.41) is 9.98. The molecule has 0 bridgehead atoms. The first-order valence-electron chi connectivity index (χ1n) is 4.66. The van der Waals surface area contributed by atoms with E-state index in [4.69, 9.17) is 5.73 Å². The van der Waals surface area contributed by atoms with Gasteiger partial charge in [0.05, 0.1) is 5.69 Å². The van der Waals surface area contributed by atoms with Crippen molar-refractivity contribution in [1.82, 2.24) is 15.0 Å². The predicted molar refractivity (Wildman–Crippen MR) is 54.2 cm³/mol. The van der Waals surface area contributed by atoms with Gasteiger partial charge in [-0.2, -0.15) is 0 Å². The van der Waals surface area contributed by atoms with Crippen LogP contribution in [0.15, 0.2) is 24.8 Å². The van der Waals surface area contributed by atoms with E-state index in [9.17, 15) is 9.90 Å². The Morgan fingerprint density at radius 3 is 3.06 bits per heavy atom. The number of nitrogens with two attached hydrogens (primary N) is 1. The molecular weight excluding hydrogens is 208 g/mol. The van der Waals surface area contributed by atoms with Gasteiger partial charge in [-0.1, -0.05) is 0 Å². The van der Waals surface area contributed by atoms with Crippen LogP contribution < -0.4 is 5.73 Å². The monoisotopic (exact) mass is 216 g/mol. The first-order chi connectivity index (χ1) is 7.62. The molecule has 2 aromatic heterocycles. The zero-order valence-electron chi connectivity index (χ0n) is 8.14. The Balaban J connectivity index is 2.41. The van der Waals surface area contributed by atoms with Crippen molar-refractivity contribution in [3.63, 3.8) is 0 Å². The summed E-state index contributed by atoms with van der Waals surface area (Å²) in [6, 6.07) is 1.73. The molecule has 0 spiro atoms. The van der Waals surface area contributed by atoms with Gasteiger partial charge < -0.3 is 10.1 Å². The molecule has 0 amide bonds. The van der Waals surface area contributed by atoms with Crippen LogP contribution in [0.5, 0.6) is 0 Å². The van der Waals surface area contributed by atoms with Crippen LogP contribution in [0, 0.1) is 0 Å². The third kappa shape index (κ3) is 0.944. The number of carbonyl (C=O) groups is 1. The third-order valence-electron chi connectivity index (χ3n) is 2.68. The van der Waals surface area contributed by atoms with Crippen molar-refractivity contribution in [1.29, 1.82) is 0 Å². The highest BCUT2D eigenvalue weighted by molar-refractivity contribution is 6.09. The molecule has 16 heavy (non-hydrogen) atoms. The van der Waals surface area contributed by atoms with Gasteiger partial charge in [0.1, 0.15) is 12.0 Å². The molecule has 2 heterocycles. The lowest BCUT2D eigenvalue weighted by atomic mass is 9.87. The van der Waals surface area contributed by atoms with E-state index in [-0.39, 0.29) is 11.4 Å². The van der Waals surface area contributed by atoms with E-state index in [2.05, 4.69) is 15.0 Å². The molecule has 1 aliphatic rings. The second-order valence-electron chi connectivity index (χ2n) is 3.65. The number of hydrogen-bond donors (Lipinski definition) is 3. The SMILES string of the molecule is NC1(O)C(=O)c2[nH]ccc2-c2cncnc21. The second-order valence-corrected chi connectivity index (χ2v) is 3.65. The first-order valence-corrected chi connectivity index (χ1v) is 4.66. The summed E-state index contributed by atoms with van der Waals surface area (Å²) >= 11 is 0. The van der Waals surface area contributed by atoms with Gasteiger partial charge in [-0.3, -0.25) is 10.5 Å². The number of Topliss-reactive ketones (excluding diaryl/α,β-unsaturated/α-hetero) is 1. The average Bonchev–Trinajstić information content (AvgIpc) is 2.75. The third-order valence-corrected chi connectivity index (χ3v) is 2.68. The number of fused-ring (bicyclic) bond motifs is 3. The van der Waals surface area contributed by atoms with Crippen molar-refractivity contribution < 1.29 is 9.90 Å². The summed E-state index contributed by atoms with van der Waals surface area (Å²) in [7, 11) is 0. The van der Waals surface area contributed by atoms with Crippen LogP contribution in [-0.4, -0.2) is 25.8 Å². The summed E-state index contributed by atoms with van der Waals surface area (Å²) < 4.78 is 0. The molecule has 0 saturated heterocycles. The van der Waals surface area contributed by atoms with Gasteiger partial charge in [-0.05, 0) is 6.07 Å². The van der Waals surface area contributed by atoms with Crippen LogP contribution in [-0.2, 0) is 5.72 Å². The Labute approximate surface area is 90.2 Å². The number of nitrogens with one attached hydrogen (secondary N) is 1. The molecule has 1 atom stereocenters. The van der Waals surface area contributed by atoms with E-state index in [0.29, 0.717) is 11.1 Å². The first kappa shape index (κ1) is 9.20. The molecule has 80 valence electrons. The van der Waals surface area contributed by atoms with Crippen molar-refractivity contribution in [3.05, 3.63) is 36.2 Å². The summed E-state index contributed by atoms with van der Waals surface area (Å²) in [4.78, 5) is 22.4. The smallest absolute Gasteiger partial charge is 0.232 e. The van der Waals surface area contributed by atoms with E-state index in [0.717, 1.165) is 0 Å². The number of ketones is 1. The number of carbonyl (C=O) groups excluding carboxylic acids is 1. The summed E-state index contributed by atoms with van der Waals surface area (Å²) in [5.74, 6) is -0.585. The van der Waals surface area contributed by atoms with Gasteiger partial charge in [0.15, 0.2) is 0 Å². The molecule has 0 fully saturated rings. The number of rotatable bonds is 0. The Bertz CT molecular complexity index is 588. The van der Waals surface area contributed by atoms with E-state index in [1.54, 1.807) is 12.3 Å². The topological polar surface area (TPSA) is 105 Å². The minimum Gasteiger partial charge on any atom is -0.364 e. The summed E-state index contributed by atoms with van der Waals surface area (Å²) in [5.41, 5.74) is 5.17. The Kier molecular flexibility index (Phi) is 1.58. The molecule has 6 heteroatoms. The van der Waals surface area contributed by atoms with Crippen molar-refractivity contribution >= 4 is 5.78 Å². The van der Waals surface area contributed by atoms with Gasteiger partial charge in [-0.25, -0.2) is 9.97 Å². The van der Waals surface area contributed by atoms with Gasteiger partial charge in [0, 0.05) is 23.5 Å². The lowest BCUT2D eigenvalue weighted by molar-refractivity contribution is 0.0299. The highest BCUT2D eigenvalue weighted by Gasteiger charge is 2.44. The number of aliphatic hydroxyl groups is 1. The van der Waals surface area contributed by atoms with Crippen molar-refractivity contribution in [2.24, 2.45) is 5.73 Å². The van der Waals surface area contributed by atoms with Crippen LogP contribution in [0.1, 0.15) is 16.2 Å². The number of H-pyrrole nitrogens is 1.